The number of ether oxygens (including phenoxy) is 2. The Morgan fingerprint density at radius 1 is 1.27 bits per heavy atom. The summed E-state index contributed by atoms with van der Waals surface area (Å²) in [4.78, 5) is 18.1. The van der Waals surface area contributed by atoms with Crippen LogP contribution in [0.25, 0.3) is 0 Å². The van der Waals surface area contributed by atoms with Gasteiger partial charge < -0.3 is 25.0 Å². The molecule has 1 rings (SSSR count). The van der Waals surface area contributed by atoms with Crippen LogP contribution in [-0.4, -0.2) is 62.7 Å². The van der Waals surface area contributed by atoms with Gasteiger partial charge in [0.1, 0.15) is 6.10 Å². The molecule has 2 N–H and O–H groups in total. The fourth-order valence-corrected chi connectivity index (χ4v) is 2.34. The van der Waals surface area contributed by atoms with Crippen LogP contribution in [0, 0.1) is 0 Å². The monoisotopic (exact) mass is 364 g/mol. The Kier molecular flexibility index (Phi) is 8.22. The third kappa shape index (κ3) is 7.63. The minimum Gasteiger partial charge on any atom is -0.493 e. The molecule has 0 aliphatic rings. The van der Waals surface area contributed by atoms with Crippen molar-refractivity contribution in [2.24, 2.45) is 4.99 Å². The number of rotatable bonds is 7. The summed E-state index contributed by atoms with van der Waals surface area (Å²) in [6.45, 7) is 8.58. The Hall–Kier alpha value is -2.44. The van der Waals surface area contributed by atoms with Crippen molar-refractivity contribution in [3.63, 3.8) is 0 Å². The summed E-state index contributed by atoms with van der Waals surface area (Å²) in [5.74, 6) is 1.96. The second-order valence-corrected chi connectivity index (χ2v) is 7.16. The topological polar surface area (TPSA) is 75.2 Å². The number of benzene rings is 1. The zero-order valence-corrected chi connectivity index (χ0v) is 16.9. The molecular formula is C19H32N4O3. The van der Waals surface area contributed by atoms with E-state index in [1.807, 2.05) is 59.0 Å². The number of carbonyl (C=O) groups excluding carboxylic acids is 1. The highest BCUT2D eigenvalue weighted by Crippen LogP contribution is 2.26. The molecule has 0 radical (unpaired) electrons. The molecular weight excluding hydrogens is 332 g/mol. The van der Waals surface area contributed by atoms with Gasteiger partial charge in [-0.3, -0.25) is 9.79 Å². The number of guanidine groups is 1. The fourth-order valence-electron chi connectivity index (χ4n) is 2.34. The van der Waals surface area contributed by atoms with Crippen molar-refractivity contribution in [3.05, 3.63) is 24.3 Å². The zero-order valence-electron chi connectivity index (χ0n) is 16.9. The quantitative estimate of drug-likeness (QED) is 0.571. The molecule has 1 atom stereocenters. The number of hydrogen-bond donors (Lipinski definition) is 2. The predicted molar refractivity (Wildman–Crippen MR) is 105 cm³/mol. The number of hydrogen-bond acceptors (Lipinski definition) is 4. The van der Waals surface area contributed by atoms with Crippen molar-refractivity contribution < 1.29 is 14.3 Å². The van der Waals surface area contributed by atoms with Gasteiger partial charge in [0.15, 0.2) is 17.5 Å². The maximum atomic E-state index is 12.1. The zero-order chi connectivity index (χ0) is 19.7. The maximum Gasteiger partial charge on any atom is 0.240 e. The number of methoxy groups -OCH3 is 1. The number of aliphatic imine (C=N–C) groups is 1. The third-order valence-electron chi connectivity index (χ3n) is 3.41. The molecule has 1 aromatic carbocycles. The van der Waals surface area contributed by atoms with Gasteiger partial charge >= 0.3 is 0 Å². The summed E-state index contributed by atoms with van der Waals surface area (Å²) in [6.07, 6.45) is -0.111. The Morgan fingerprint density at radius 2 is 1.88 bits per heavy atom. The van der Waals surface area contributed by atoms with Gasteiger partial charge in [0, 0.05) is 19.6 Å². The Morgan fingerprint density at radius 3 is 2.42 bits per heavy atom. The van der Waals surface area contributed by atoms with Crippen LogP contribution < -0.4 is 20.1 Å². The highest BCUT2D eigenvalue weighted by atomic mass is 16.5. The first-order valence-corrected chi connectivity index (χ1v) is 8.68. The molecule has 0 bridgehead atoms. The molecule has 0 saturated carbocycles. The number of nitrogens with zero attached hydrogens (tertiary/aromatic N) is 2. The van der Waals surface area contributed by atoms with Gasteiger partial charge in [-0.1, -0.05) is 12.1 Å². The van der Waals surface area contributed by atoms with E-state index in [9.17, 15) is 4.79 Å². The molecule has 0 fully saturated rings. The average molecular weight is 364 g/mol. The van der Waals surface area contributed by atoms with Crippen LogP contribution in [0.5, 0.6) is 11.5 Å². The Balaban J connectivity index is 2.53. The van der Waals surface area contributed by atoms with Crippen LogP contribution in [0.2, 0.25) is 0 Å². The van der Waals surface area contributed by atoms with Crippen LogP contribution in [0.3, 0.4) is 0 Å². The smallest absolute Gasteiger partial charge is 0.240 e. The minimum atomic E-state index is -0.258. The van der Waals surface area contributed by atoms with Crippen LogP contribution in [0.4, 0.5) is 0 Å². The number of likely N-dealkylation sites (N-methyl/N-ethyl adjacent to an activating group) is 1. The molecule has 1 unspecified atom stereocenters. The Bertz CT molecular complexity index is 611. The SMILES string of the molecule is CN=C(NCC(C)Oc1ccccc1OC)N(C)CC(=O)NC(C)(C)C. The number of amides is 1. The van der Waals surface area contributed by atoms with Crippen LogP contribution in [-0.2, 0) is 4.79 Å². The van der Waals surface area contributed by atoms with Crippen molar-refractivity contribution in [1.82, 2.24) is 15.5 Å². The van der Waals surface area contributed by atoms with Gasteiger partial charge in [0.2, 0.25) is 5.91 Å². The summed E-state index contributed by atoms with van der Waals surface area (Å²) in [6, 6.07) is 7.52. The highest BCUT2D eigenvalue weighted by molar-refractivity contribution is 5.86. The third-order valence-corrected chi connectivity index (χ3v) is 3.41. The van der Waals surface area contributed by atoms with E-state index < -0.39 is 0 Å². The number of carbonyl (C=O) groups is 1. The number of nitrogens with one attached hydrogen (secondary N) is 2. The van der Waals surface area contributed by atoms with Gasteiger partial charge in [-0.25, -0.2) is 0 Å². The molecule has 26 heavy (non-hydrogen) atoms. The normalized spacial score (nSPS) is 13.0. The molecule has 0 saturated heterocycles. The van der Waals surface area contributed by atoms with Gasteiger partial charge in [-0.15, -0.1) is 0 Å². The molecule has 1 aromatic rings. The van der Waals surface area contributed by atoms with E-state index in [2.05, 4.69) is 15.6 Å². The molecule has 7 heteroatoms. The second kappa shape index (κ2) is 9.89. The first-order valence-electron chi connectivity index (χ1n) is 8.68. The molecule has 1 amide bonds. The van der Waals surface area contributed by atoms with E-state index in [0.29, 0.717) is 24.0 Å². The van der Waals surface area contributed by atoms with Crippen molar-refractivity contribution in [3.8, 4) is 11.5 Å². The second-order valence-electron chi connectivity index (χ2n) is 7.16. The summed E-state index contributed by atoms with van der Waals surface area (Å²) in [7, 11) is 5.13. The summed E-state index contributed by atoms with van der Waals surface area (Å²) < 4.78 is 11.2. The summed E-state index contributed by atoms with van der Waals surface area (Å²) in [5.41, 5.74) is -0.258. The lowest BCUT2D eigenvalue weighted by Crippen LogP contribution is -2.49. The van der Waals surface area contributed by atoms with E-state index in [1.54, 1.807) is 19.1 Å². The van der Waals surface area contributed by atoms with Crippen LogP contribution in [0.15, 0.2) is 29.3 Å². The standard InChI is InChI=1S/C19H32N4O3/c1-14(26-16-11-9-8-10-15(16)25-7)12-21-18(20-5)23(6)13-17(24)22-19(2,3)4/h8-11,14H,12-13H2,1-7H3,(H,20,21)(H,22,24). The fraction of sp³-hybridized carbons (Fsp3) is 0.579. The van der Waals surface area contributed by atoms with Crippen molar-refractivity contribution in [1.29, 1.82) is 0 Å². The van der Waals surface area contributed by atoms with Crippen LogP contribution >= 0.6 is 0 Å². The molecule has 7 nitrogen and oxygen atoms in total. The number of para-hydroxylation sites is 2. The van der Waals surface area contributed by atoms with Gasteiger partial charge in [0.05, 0.1) is 20.2 Å². The molecule has 0 aliphatic heterocycles. The Labute approximate surface area is 156 Å². The molecule has 0 aliphatic carbocycles. The highest BCUT2D eigenvalue weighted by Gasteiger charge is 2.17. The lowest BCUT2D eigenvalue weighted by molar-refractivity contribution is -0.122. The first kappa shape index (κ1) is 21.6. The largest absolute Gasteiger partial charge is 0.493 e. The van der Waals surface area contributed by atoms with Crippen molar-refractivity contribution in [2.75, 3.05) is 34.3 Å². The predicted octanol–water partition coefficient (Wildman–Crippen LogP) is 1.88. The maximum absolute atomic E-state index is 12.1. The molecule has 146 valence electrons. The van der Waals surface area contributed by atoms with E-state index >= 15 is 0 Å². The summed E-state index contributed by atoms with van der Waals surface area (Å²) in [5, 5.41) is 6.16. The van der Waals surface area contributed by atoms with E-state index in [0.717, 1.165) is 0 Å². The molecule has 0 heterocycles. The van der Waals surface area contributed by atoms with Crippen LogP contribution in [0.1, 0.15) is 27.7 Å². The molecule has 0 aromatic heterocycles. The van der Waals surface area contributed by atoms with Gasteiger partial charge in [-0.2, -0.15) is 0 Å². The van der Waals surface area contributed by atoms with Crippen molar-refractivity contribution >= 4 is 11.9 Å². The van der Waals surface area contributed by atoms with E-state index in [4.69, 9.17) is 9.47 Å². The van der Waals surface area contributed by atoms with Crippen molar-refractivity contribution in [2.45, 2.75) is 39.3 Å². The molecule has 0 spiro atoms. The van der Waals surface area contributed by atoms with Gasteiger partial charge in [-0.05, 0) is 39.8 Å². The van der Waals surface area contributed by atoms with E-state index in [-0.39, 0.29) is 24.1 Å². The lowest BCUT2D eigenvalue weighted by atomic mass is 10.1. The lowest BCUT2D eigenvalue weighted by Gasteiger charge is -2.26. The van der Waals surface area contributed by atoms with Gasteiger partial charge in [0.25, 0.3) is 0 Å². The van der Waals surface area contributed by atoms with E-state index in [1.165, 1.54) is 0 Å². The first-order chi connectivity index (χ1) is 12.2. The summed E-state index contributed by atoms with van der Waals surface area (Å²) >= 11 is 0. The average Bonchev–Trinajstić information content (AvgIpc) is 2.54. The minimum absolute atomic E-state index is 0.0544.